The van der Waals surface area contributed by atoms with Crippen molar-refractivity contribution in [3.63, 3.8) is 0 Å². The van der Waals surface area contributed by atoms with E-state index in [1.807, 2.05) is 42.5 Å². The van der Waals surface area contributed by atoms with Gasteiger partial charge >= 0.3 is 0 Å². The fraction of sp³-hybridized carbons (Fsp3) is 0.122. The number of amides is 3. The Morgan fingerprint density at radius 2 is 1.43 bits per heavy atom. The number of para-hydroxylation sites is 2. The van der Waals surface area contributed by atoms with Crippen LogP contribution in [0.15, 0.2) is 130 Å². The first-order valence-electron chi connectivity index (χ1n) is 16.5. The molecular formula is C41H36N4O7S. The van der Waals surface area contributed by atoms with Gasteiger partial charge in [-0.3, -0.25) is 14.4 Å². The lowest BCUT2D eigenvalue weighted by molar-refractivity contribution is -0.115. The molecule has 6 rings (SSSR count). The molecule has 1 atom stereocenters. The SMILES string of the molecule is COc1cc(OC)c(OC)cc1/C=C(/NC(=O)c1ccccc1)C(=O)Nc1cccc(SC(C)C(=O)Nc2ccc(-c3nc4ccccc4o3)cc2)c1. The highest BCUT2D eigenvalue weighted by Gasteiger charge is 2.20. The fourth-order valence-corrected chi connectivity index (χ4v) is 6.23. The van der Waals surface area contributed by atoms with Crippen LogP contribution in [-0.2, 0) is 9.59 Å². The highest BCUT2D eigenvalue weighted by Crippen LogP contribution is 2.36. The highest BCUT2D eigenvalue weighted by molar-refractivity contribution is 8.00. The molecular weight excluding hydrogens is 693 g/mol. The molecule has 11 nitrogen and oxygen atoms in total. The Morgan fingerprint density at radius 1 is 0.736 bits per heavy atom. The van der Waals surface area contributed by atoms with Crippen molar-refractivity contribution < 1.29 is 33.0 Å². The number of nitrogens with zero attached hydrogens (tertiary/aromatic N) is 1. The van der Waals surface area contributed by atoms with Crippen LogP contribution in [0.1, 0.15) is 22.8 Å². The van der Waals surface area contributed by atoms with E-state index in [0.717, 1.165) is 16.0 Å². The molecule has 268 valence electrons. The minimum absolute atomic E-state index is 0.0442. The molecule has 1 unspecified atom stereocenters. The van der Waals surface area contributed by atoms with Gasteiger partial charge in [0, 0.05) is 39.0 Å². The first kappa shape index (κ1) is 36.3. The molecule has 0 fully saturated rings. The van der Waals surface area contributed by atoms with Crippen molar-refractivity contribution >= 4 is 58.0 Å². The number of methoxy groups -OCH3 is 3. The van der Waals surface area contributed by atoms with Gasteiger partial charge in [0.05, 0.1) is 26.6 Å². The predicted octanol–water partition coefficient (Wildman–Crippen LogP) is 8.05. The van der Waals surface area contributed by atoms with Crippen molar-refractivity contribution in [3.05, 3.63) is 132 Å². The molecule has 3 amide bonds. The van der Waals surface area contributed by atoms with E-state index < -0.39 is 17.1 Å². The van der Waals surface area contributed by atoms with E-state index in [1.165, 1.54) is 39.2 Å². The number of oxazole rings is 1. The maximum Gasteiger partial charge on any atom is 0.272 e. The number of carbonyl (C=O) groups excluding carboxylic acids is 3. The molecule has 3 N–H and O–H groups in total. The molecule has 1 aromatic heterocycles. The monoisotopic (exact) mass is 728 g/mol. The number of fused-ring (bicyclic) bond motifs is 1. The topological polar surface area (TPSA) is 141 Å². The molecule has 5 aromatic carbocycles. The average molecular weight is 729 g/mol. The van der Waals surface area contributed by atoms with Crippen molar-refractivity contribution in [1.82, 2.24) is 10.3 Å². The number of rotatable bonds is 13. The second-order valence-electron chi connectivity index (χ2n) is 11.6. The summed E-state index contributed by atoms with van der Waals surface area (Å²) in [7, 11) is 4.49. The molecule has 0 aliphatic rings. The van der Waals surface area contributed by atoms with Crippen LogP contribution in [0.2, 0.25) is 0 Å². The molecule has 0 spiro atoms. The third-order valence-corrected chi connectivity index (χ3v) is 9.13. The van der Waals surface area contributed by atoms with Crippen molar-refractivity contribution in [2.24, 2.45) is 0 Å². The van der Waals surface area contributed by atoms with E-state index in [1.54, 1.807) is 79.7 Å². The van der Waals surface area contributed by atoms with Gasteiger partial charge in [0.2, 0.25) is 11.8 Å². The maximum atomic E-state index is 13.8. The summed E-state index contributed by atoms with van der Waals surface area (Å²) in [4.78, 5) is 45.4. The molecule has 1 heterocycles. The summed E-state index contributed by atoms with van der Waals surface area (Å²) in [6.45, 7) is 1.80. The zero-order chi connectivity index (χ0) is 37.3. The molecule has 0 aliphatic heterocycles. The second-order valence-corrected chi connectivity index (χ2v) is 13.0. The Kier molecular flexibility index (Phi) is 11.4. The summed E-state index contributed by atoms with van der Waals surface area (Å²) in [5.74, 6) is 0.489. The number of benzene rings is 5. The zero-order valence-corrected chi connectivity index (χ0v) is 30.2. The van der Waals surface area contributed by atoms with E-state index in [9.17, 15) is 14.4 Å². The molecule has 0 bridgehead atoms. The van der Waals surface area contributed by atoms with E-state index in [-0.39, 0.29) is 11.6 Å². The van der Waals surface area contributed by atoms with Crippen LogP contribution >= 0.6 is 11.8 Å². The van der Waals surface area contributed by atoms with Gasteiger partial charge in [0.1, 0.15) is 17.0 Å². The summed E-state index contributed by atoms with van der Waals surface area (Å²) in [5, 5.41) is 8.09. The number of aromatic nitrogens is 1. The first-order chi connectivity index (χ1) is 25.7. The number of ether oxygens (including phenoxy) is 3. The summed E-state index contributed by atoms with van der Waals surface area (Å²) < 4.78 is 22.3. The van der Waals surface area contributed by atoms with Gasteiger partial charge in [-0.2, -0.15) is 0 Å². The lowest BCUT2D eigenvalue weighted by Crippen LogP contribution is -2.30. The van der Waals surface area contributed by atoms with Crippen molar-refractivity contribution in [3.8, 4) is 28.7 Å². The fourth-order valence-electron chi connectivity index (χ4n) is 5.30. The van der Waals surface area contributed by atoms with E-state index >= 15 is 0 Å². The van der Waals surface area contributed by atoms with Crippen molar-refractivity contribution in [2.75, 3.05) is 32.0 Å². The summed E-state index contributed by atoms with van der Waals surface area (Å²) in [6, 6.07) is 33.8. The standard InChI is InChI=1S/C41H36N4O7S/c1-25(38(46)42-29-19-17-27(18-20-29)41-45-32-15-8-9-16-34(32)52-41)53-31-14-10-13-30(23-31)43-40(48)33(44-39(47)26-11-6-5-7-12-26)21-28-22-36(50-3)37(51-4)24-35(28)49-2/h5-25H,1-4H3,(H,42,46)(H,43,48)(H,44,47)/b33-21+. The van der Waals surface area contributed by atoms with Crippen LogP contribution in [-0.4, -0.2) is 49.3 Å². The summed E-state index contributed by atoms with van der Waals surface area (Å²) in [6.07, 6.45) is 1.50. The van der Waals surface area contributed by atoms with E-state index in [4.69, 9.17) is 18.6 Å². The van der Waals surface area contributed by atoms with Crippen LogP contribution in [0.3, 0.4) is 0 Å². The van der Waals surface area contributed by atoms with Crippen molar-refractivity contribution in [1.29, 1.82) is 0 Å². The van der Waals surface area contributed by atoms with E-state index in [2.05, 4.69) is 20.9 Å². The van der Waals surface area contributed by atoms with Crippen LogP contribution in [0.5, 0.6) is 17.2 Å². The van der Waals surface area contributed by atoms with Gasteiger partial charge in [0.15, 0.2) is 17.1 Å². The number of carbonyl (C=O) groups is 3. The molecule has 0 saturated heterocycles. The third-order valence-electron chi connectivity index (χ3n) is 8.03. The number of anilines is 2. The van der Waals surface area contributed by atoms with Crippen LogP contribution in [0.4, 0.5) is 11.4 Å². The minimum atomic E-state index is -0.583. The van der Waals surface area contributed by atoms with Gasteiger partial charge in [-0.05, 0) is 85.8 Å². The summed E-state index contributed by atoms with van der Waals surface area (Å²) >= 11 is 1.33. The van der Waals surface area contributed by atoms with Crippen LogP contribution in [0, 0.1) is 0 Å². The van der Waals surface area contributed by atoms with Gasteiger partial charge < -0.3 is 34.6 Å². The predicted molar refractivity (Wildman–Crippen MR) is 206 cm³/mol. The van der Waals surface area contributed by atoms with Crippen LogP contribution < -0.4 is 30.2 Å². The van der Waals surface area contributed by atoms with E-state index in [0.29, 0.717) is 51.2 Å². The molecule has 0 radical (unpaired) electrons. The third kappa shape index (κ3) is 8.86. The summed E-state index contributed by atoms with van der Waals surface area (Å²) in [5.41, 5.74) is 4.16. The Labute approximate surface area is 310 Å². The largest absolute Gasteiger partial charge is 0.496 e. The lowest BCUT2D eigenvalue weighted by atomic mass is 10.1. The van der Waals surface area contributed by atoms with Crippen LogP contribution in [0.25, 0.3) is 28.6 Å². The maximum absolute atomic E-state index is 13.8. The molecule has 53 heavy (non-hydrogen) atoms. The average Bonchev–Trinajstić information content (AvgIpc) is 3.62. The lowest BCUT2D eigenvalue weighted by Gasteiger charge is -2.15. The number of thioether (sulfide) groups is 1. The number of nitrogens with one attached hydrogen (secondary N) is 3. The quantitative estimate of drug-likeness (QED) is 0.0796. The van der Waals surface area contributed by atoms with Gasteiger partial charge in [-0.1, -0.05) is 36.4 Å². The minimum Gasteiger partial charge on any atom is -0.496 e. The second kappa shape index (κ2) is 16.7. The zero-order valence-electron chi connectivity index (χ0n) is 29.3. The Morgan fingerprint density at radius 3 is 2.15 bits per heavy atom. The first-order valence-corrected chi connectivity index (χ1v) is 17.4. The number of hydrogen-bond acceptors (Lipinski definition) is 9. The molecule has 6 aromatic rings. The van der Waals surface area contributed by atoms with Crippen molar-refractivity contribution in [2.45, 2.75) is 17.1 Å². The molecule has 12 heteroatoms. The Bertz CT molecular complexity index is 2250. The Hall–Kier alpha value is -6.53. The highest BCUT2D eigenvalue weighted by atomic mass is 32.2. The number of hydrogen-bond donors (Lipinski definition) is 3. The molecule has 0 aliphatic carbocycles. The normalized spacial score (nSPS) is 11.7. The van der Waals surface area contributed by atoms with Gasteiger partial charge in [0.25, 0.3) is 11.8 Å². The molecule has 0 saturated carbocycles. The smallest absolute Gasteiger partial charge is 0.272 e. The van der Waals surface area contributed by atoms with Gasteiger partial charge in [-0.25, -0.2) is 4.98 Å². The van der Waals surface area contributed by atoms with Gasteiger partial charge in [-0.15, -0.1) is 11.8 Å². The Balaban J connectivity index is 1.15.